The molecule has 1 amide bonds. The van der Waals surface area contributed by atoms with Crippen LogP contribution in [0.5, 0.6) is 0 Å². The molecule has 0 bridgehead atoms. The van der Waals surface area contributed by atoms with E-state index in [2.05, 4.69) is 5.32 Å². The Bertz CT molecular complexity index is 233. The molecule has 4 heteroatoms. The van der Waals surface area contributed by atoms with Crippen molar-refractivity contribution in [1.82, 2.24) is 10.2 Å². The maximum Gasteiger partial charge on any atom is 0.227 e. The second-order valence-corrected chi connectivity index (χ2v) is 4.99. The van der Waals surface area contributed by atoms with Crippen LogP contribution in [0.4, 0.5) is 0 Å². The summed E-state index contributed by atoms with van der Waals surface area (Å²) in [5, 5.41) is 3.39. The average Bonchev–Trinajstić information content (AvgIpc) is 2.83. The minimum absolute atomic E-state index is 0.113. The molecule has 0 spiro atoms. The second kappa shape index (κ2) is 5.64. The molecule has 2 rings (SSSR count). The molecule has 2 saturated heterocycles. The SMILES string of the molecule is CN(CC1CCCNC1)C(=O)C1CCOC1. The molecule has 0 aromatic carbocycles. The fourth-order valence-corrected chi connectivity index (χ4v) is 2.60. The third-order valence-corrected chi connectivity index (χ3v) is 3.59. The lowest BCUT2D eigenvalue weighted by atomic mass is 9.98. The molecule has 0 saturated carbocycles. The first kappa shape index (κ1) is 11.9. The first-order chi connectivity index (χ1) is 7.77. The van der Waals surface area contributed by atoms with Gasteiger partial charge >= 0.3 is 0 Å². The summed E-state index contributed by atoms with van der Waals surface area (Å²) in [7, 11) is 1.93. The lowest BCUT2D eigenvalue weighted by Crippen LogP contribution is -2.41. The summed E-state index contributed by atoms with van der Waals surface area (Å²) in [6, 6.07) is 0. The van der Waals surface area contributed by atoms with Gasteiger partial charge < -0.3 is 15.0 Å². The van der Waals surface area contributed by atoms with Crippen LogP contribution in [0.3, 0.4) is 0 Å². The highest BCUT2D eigenvalue weighted by Gasteiger charge is 2.27. The monoisotopic (exact) mass is 226 g/mol. The first-order valence-electron chi connectivity index (χ1n) is 6.31. The van der Waals surface area contributed by atoms with E-state index in [0.29, 0.717) is 12.5 Å². The van der Waals surface area contributed by atoms with Crippen molar-refractivity contribution in [3.63, 3.8) is 0 Å². The van der Waals surface area contributed by atoms with Gasteiger partial charge in [0.1, 0.15) is 0 Å². The summed E-state index contributed by atoms with van der Waals surface area (Å²) < 4.78 is 5.26. The predicted octanol–water partition coefficient (Wildman–Crippen LogP) is 0.481. The smallest absolute Gasteiger partial charge is 0.227 e. The van der Waals surface area contributed by atoms with Crippen LogP contribution in [-0.2, 0) is 9.53 Å². The van der Waals surface area contributed by atoms with Crippen molar-refractivity contribution in [2.24, 2.45) is 11.8 Å². The molecule has 16 heavy (non-hydrogen) atoms. The van der Waals surface area contributed by atoms with Gasteiger partial charge in [0.2, 0.25) is 5.91 Å². The number of carbonyl (C=O) groups excluding carboxylic acids is 1. The van der Waals surface area contributed by atoms with E-state index in [1.54, 1.807) is 0 Å². The summed E-state index contributed by atoms with van der Waals surface area (Å²) in [6.45, 7) is 4.44. The molecule has 2 unspecified atom stereocenters. The fraction of sp³-hybridized carbons (Fsp3) is 0.917. The lowest BCUT2D eigenvalue weighted by molar-refractivity contribution is -0.134. The van der Waals surface area contributed by atoms with Crippen LogP contribution in [0.15, 0.2) is 0 Å². The molecule has 4 nitrogen and oxygen atoms in total. The Labute approximate surface area is 97.3 Å². The van der Waals surface area contributed by atoms with Gasteiger partial charge in [0.15, 0.2) is 0 Å². The van der Waals surface area contributed by atoms with Gasteiger partial charge in [0, 0.05) is 20.2 Å². The average molecular weight is 226 g/mol. The Morgan fingerprint density at radius 2 is 2.38 bits per heavy atom. The van der Waals surface area contributed by atoms with Crippen molar-refractivity contribution >= 4 is 5.91 Å². The number of carbonyl (C=O) groups is 1. The number of ether oxygens (including phenoxy) is 1. The Morgan fingerprint density at radius 1 is 1.50 bits per heavy atom. The maximum atomic E-state index is 12.0. The van der Waals surface area contributed by atoms with E-state index in [0.717, 1.165) is 32.7 Å². The van der Waals surface area contributed by atoms with Crippen LogP contribution >= 0.6 is 0 Å². The van der Waals surface area contributed by atoms with E-state index >= 15 is 0 Å². The number of nitrogens with one attached hydrogen (secondary N) is 1. The number of nitrogens with zero attached hydrogens (tertiary/aromatic N) is 1. The van der Waals surface area contributed by atoms with E-state index in [-0.39, 0.29) is 11.8 Å². The topological polar surface area (TPSA) is 41.6 Å². The first-order valence-corrected chi connectivity index (χ1v) is 6.31. The van der Waals surface area contributed by atoms with E-state index in [9.17, 15) is 4.79 Å². The minimum atomic E-state index is 0.113. The third-order valence-electron chi connectivity index (χ3n) is 3.59. The second-order valence-electron chi connectivity index (χ2n) is 4.99. The van der Waals surface area contributed by atoms with Crippen LogP contribution in [0, 0.1) is 11.8 Å². The zero-order valence-electron chi connectivity index (χ0n) is 10.1. The van der Waals surface area contributed by atoms with Gasteiger partial charge in [-0.3, -0.25) is 4.79 Å². The zero-order valence-corrected chi connectivity index (χ0v) is 10.1. The molecule has 92 valence electrons. The molecular weight excluding hydrogens is 204 g/mol. The van der Waals surface area contributed by atoms with E-state index in [1.165, 1.54) is 12.8 Å². The molecule has 2 heterocycles. The standard InChI is InChI=1S/C12H22N2O2/c1-14(8-10-3-2-5-13-7-10)12(15)11-4-6-16-9-11/h10-11,13H,2-9H2,1H3. The Morgan fingerprint density at radius 3 is 3.00 bits per heavy atom. The van der Waals surface area contributed by atoms with Crippen LogP contribution in [-0.4, -0.2) is 50.7 Å². The summed E-state index contributed by atoms with van der Waals surface area (Å²) in [5.41, 5.74) is 0. The number of amides is 1. The van der Waals surface area contributed by atoms with Crippen molar-refractivity contribution in [1.29, 1.82) is 0 Å². The molecule has 1 N–H and O–H groups in total. The molecule has 0 aliphatic carbocycles. The summed E-state index contributed by atoms with van der Waals surface area (Å²) in [4.78, 5) is 13.9. The molecule has 2 atom stereocenters. The molecule has 2 aliphatic rings. The zero-order chi connectivity index (χ0) is 11.4. The van der Waals surface area contributed by atoms with Crippen LogP contribution in [0.25, 0.3) is 0 Å². The quantitative estimate of drug-likeness (QED) is 0.761. The summed E-state index contributed by atoms with van der Waals surface area (Å²) in [5.74, 6) is 1.01. The Hall–Kier alpha value is -0.610. The molecule has 0 aromatic rings. The van der Waals surface area contributed by atoms with Crippen LogP contribution in [0.2, 0.25) is 0 Å². The maximum absolute atomic E-state index is 12.0. The molecule has 2 aliphatic heterocycles. The number of piperidine rings is 1. The van der Waals surface area contributed by atoms with E-state index < -0.39 is 0 Å². The Balaban J connectivity index is 1.77. The molecule has 2 fully saturated rings. The third kappa shape index (κ3) is 2.95. The highest BCUT2D eigenvalue weighted by Crippen LogP contribution is 2.17. The molecule has 0 radical (unpaired) electrons. The number of hydrogen-bond donors (Lipinski definition) is 1. The van der Waals surface area contributed by atoms with Gasteiger partial charge in [-0.05, 0) is 38.3 Å². The fourth-order valence-electron chi connectivity index (χ4n) is 2.60. The van der Waals surface area contributed by atoms with Gasteiger partial charge in [0.25, 0.3) is 0 Å². The van der Waals surface area contributed by atoms with Gasteiger partial charge in [-0.2, -0.15) is 0 Å². The van der Waals surface area contributed by atoms with Crippen molar-refractivity contribution in [3.8, 4) is 0 Å². The number of hydrogen-bond acceptors (Lipinski definition) is 3. The molecule has 0 aromatic heterocycles. The van der Waals surface area contributed by atoms with Gasteiger partial charge in [0.05, 0.1) is 12.5 Å². The normalized spacial score (nSPS) is 30.3. The van der Waals surface area contributed by atoms with E-state index in [1.807, 2.05) is 11.9 Å². The van der Waals surface area contributed by atoms with Crippen LogP contribution < -0.4 is 5.32 Å². The Kier molecular flexibility index (Phi) is 4.18. The minimum Gasteiger partial charge on any atom is -0.381 e. The highest BCUT2D eigenvalue weighted by molar-refractivity contribution is 5.78. The van der Waals surface area contributed by atoms with Crippen molar-refractivity contribution < 1.29 is 9.53 Å². The van der Waals surface area contributed by atoms with Gasteiger partial charge in [-0.15, -0.1) is 0 Å². The molecular formula is C12H22N2O2. The van der Waals surface area contributed by atoms with Gasteiger partial charge in [-0.25, -0.2) is 0 Å². The number of rotatable bonds is 3. The largest absolute Gasteiger partial charge is 0.381 e. The van der Waals surface area contributed by atoms with Crippen molar-refractivity contribution in [2.45, 2.75) is 19.3 Å². The summed E-state index contributed by atoms with van der Waals surface area (Å²) >= 11 is 0. The highest BCUT2D eigenvalue weighted by atomic mass is 16.5. The summed E-state index contributed by atoms with van der Waals surface area (Å²) in [6.07, 6.45) is 3.37. The van der Waals surface area contributed by atoms with Gasteiger partial charge in [-0.1, -0.05) is 0 Å². The van der Waals surface area contributed by atoms with Crippen molar-refractivity contribution in [3.05, 3.63) is 0 Å². The van der Waals surface area contributed by atoms with E-state index in [4.69, 9.17) is 4.74 Å². The van der Waals surface area contributed by atoms with Crippen LogP contribution in [0.1, 0.15) is 19.3 Å². The predicted molar refractivity (Wildman–Crippen MR) is 62.2 cm³/mol. The van der Waals surface area contributed by atoms with Crippen molar-refractivity contribution in [2.75, 3.05) is 39.9 Å². The lowest BCUT2D eigenvalue weighted by Gasteiger charge is -2.28.